The molecule has 6 nitrogen and oxygen atoms in total. The van der Waals surface area contributed by atoms with E-state index in [1.807, 2.05) is 127 Å². The highest BCUT2D eigenvalue weighted by molar-refractivity contribution is 5.82. The minimum Gasteiger partial charge on any atom is -0.487 e. The van der Waals surface area contributed by atoms with E-state index in [2.05, 4.69) is 82.5 Å². The second-order valence-corrected chi connectivity index (χ2v) is 12.7. The van der Waals surface area contributed by atoms with Crippen molar-refractivity contribution in [3.8, 4) is 11.5 Å². The lowest BCUT2D eigenvalue weighted by molar-refractivity contribution is 0.269. The third kappa shape index (κ3) is 18.1. The zero-order valence-electron chi connectivity index (χ0n) is 35.1. The lowest BCUT2D eigenvalue weighted by Crippen LogP contribution is -2.07. The second kappa shape index (κ2) is 27.5. The second-order valence-electron chi connectivity index (χ2n) is 12.7. The molecule has 292 valence electrons. The smallest absolute Gasteiger partial charge is 0.219 e. The summed E-state index contributed by atoms with van der Waals surface area (Å²) in [4.78, 5) is 8.58. The molecule has 0 aliphatic heterocycles. The molecule has 0 spiro atoms. The number of allylic oxidation sites excluding steroid dienone is 11. The number of aliphatic imine (C=N–C) groups is 1. The van der Waals surface area contributed by atoms with Gasteiger partial charge in [-0.05, 0) is 120 Å². The molecule has 0 saturated carbocycles. The van der Waals surface area contributed by atoms with Gasteiger partial charge in [-0.3, -0.25) is 4.99 Å². The first kappa shape index (κ1) is 46.9. The first-order chi connectivity index (χ1) is 26.1. The van der Waals surface area contributed by atoms with Crippen molar-refractivity contribution in [2.75, 3.05) is 6.61 Å². The van der Waals surface area contributed by atoms with Crippen molar-refractivity contribution in [3.05, 3.63) is 137 Å². The van der Waals surface area contributed by atoms with Gasteiger partial charge in [0.15, 0.2) is 5.58 Å². The molecule has 2 aromatic carbocycles. The van der Waals surface area contributed by atoms with Gasteiger partial charge in [-0.2, -0.15) is 0 Å². The normalized spacial score (nSPS) is 13.6. The maximum atomic E-state index is 6.14. The van der Waals surface area contributed by atoms with Gasteiger partial charge in [-0.1, -0.05) is 115 Å². The highest BCUT2D eigenvalue weighted by Crippen LogP contribution is 2.33. The van der Waals surface area contributed by atoms with Gasteiger partial charge >= 0.3 is 0 Å². The summed E-state index contributed by atoms with van der Waals surface area (Å²) in [6, 6.07) is 11.7. The maximum absolute atomic E-state index is 6.14. The molecule has 0 fully saturated rings. The number of rotatable bonds is 14. The zero-order valence-corrected chi connectivity index (χ0v) is 35.1. The number of hydrogen-bond donors (Lipinski definition) is 0. The average molecular weight is 735 g/mol. The SMILES string of the molecule is C/C=C\C(C)Oc1ccc(C)cc1.C=Nc1cc2nc(/C=C/CC)oc2cc1OC/C(C)=C/C=C(\C=C/C)OC1=CC=C(C(C)C)CC=C1.CC.CCC. The molecule has 0 radical (unpaired) electrons. The molecule has 0 amide bonds. The zero-order chi connectivity index (χ0) is 40.3. The average Bonchev–Trinajstić information content (AvgIpc) is 3.41. The van der Waals surface area contributed by atoms with E-state index < -0.39 is 0 Å². The molecular formula is C48H66N2O4. The van der Waals surface area contributed by atoms with Crippen molar-refractivity contribution < 1.29 is 18.6 Å². The van der Waals surface area contributed by atoms with E-state index in [1.165, 1.54) is 17.6 Å². The van der Waals surface area contributed by atoms with Crippen LogP contribution in [-0.4, -0.2) is 24.4 Å². The molecule has 3 aromatic rings. The van der Waals surface area contributed by atoms with E-state index in [0.29, 0.717) is 35.4 Å². The predicted molar refractivity (Wildman–Crippen MR) is 234 cm³/mol. The Hall–Kier alpha value is -5.10. The number of nitrogens with zero attached hydrogens (tertiary/aromatic N) is 2. The first-order valence-electron chi connectivity index (χ1n) is 19.4. The number of aromatic nitrogens is 1. The predicted octanol–water partition coefficient (Wildman–Crippen LogP) is 14.6. The maximum Gasteiger partial charge on any atom is 0.219 e. The lowest BCUT2D eigenvalue weighted by atomic mass is 10.0. The van der Waals surface area contributed by atoms with E-state index in [1.54, 1.807) is 0 Å². The van der Waals surface area contributed by atoms with Crippen LogP contribution in [0, 0.1) is 12.8 Å². The van der Waals surface area contributed by atoms with Crippen molar-refractivity contribution in [2.45, 2.75) is 108 Å². The Kier molecular flexibility index (Phi) is 23.9. The molecule has 0 saturated heterocycles. The molecule has 1 aliphatic rings. The summed E-state index contributed by atoms with van der Waals surface area (Å²) >= 11 is 0. The largest absolute Gasteiger partial charge is 0.487 e. The number of oxazole rings is 1. The fraction of sp³-hybridized carbons (Fsp3) is 0.375. The van der Waals surface area contributed by atoms with E-state index >= 15 is 0 Å². The molecule has 6 heteroatoms. The summed E-state index contributed by atoms with van der Waals surface area (Å²) in [5.74, 6) is 4.17. The van der Waals surface area contributed by atoms with Gasteiger partial charge in [0.1, 0.15) is 46.9 Å². The van der Waals surface area contributed by atoms with Crippen molar-refractivity contribution >= 4 is 29.6 Å². The van der Waals surface area contributed by atoms with E-state index in [0.717, 1.165) is 41.2 Å². The summed E-state index contributed by atoms with van der Waals surface area (Å²) in [5.41, 5.74) is 5.67. The number of aryl methyl sites for hydroxylation is 1. The monoisotopic (exact) mass is 735 g/mol. The Morgan fingerprint density at radius 2 is 1.70 bits per heavy atom. The van der Waals surface area contributed by atoms with Gasteiger partial charge in [0.05, 0.1) is 0 Å². The quantitative estimate of drug-likeness (QED) is 0.0714. The van der Waals surface area contributed by atoms with Gasteiger partial charge in [0.25, 0.3) is 0 Å². The Morgan fingerprint density at radius 3 is 2.31 bits per heavy atom. The van der Waals surface area contributed by atoms with E-state index in [4.69, 9.17) is 18.6 Å². The lowest BCUT2D eigenvalue weighted by Gasteiger charge is -2.10. The Balaban J connectivity index is 0.000000671. The van der Waals surface area contributed by atoms with Crippen LogP contribution in [0.25, 0.3) is 17.2 Å². The summed E-state index contributed by atoms with van der Waals surface area (Å²) < 4.78 is 23.6. The van der Waals surface area contributed by atoms with E-state index in [-0.39, 0.29) is 6.10 Å². The van der Waals surface area contributed by atoms with Crippen molar-refractivity contribution in [3.63, 3.8) is 0 Å². The Bertz CT molecular complexity index is 1780. The van der Waals surface area contributed by atoms with Crippen LogP contribution in [0.5, 0.6) is 11.5 Å². The molecule has 1 unspecified atom stereocenters. The van der Waals surface area contributed by atoms with Gasteiger partial charge in [0, 0.05) is 6.07 Å². The molecule has 54 heavy (non-hydrogen) atoms. The molecule has 0 N–H and O–H groups in total. The van der Waals surface area contributed by atoms with Gasteiger partial charge in [-0.25, -0.2) is 4.98 Å². The van der Waals surface area contributed by atoms with Crippen LogP contribution in [0.1, 0.15) is 107 Å². The number of fused-ring (bicyclic) bond motifs is 1. The van der Waals surface area contributed by atoms with Crippen LogP contribution >= 0.6 is 0 Å². The third-order valence-corrected chi connectivity index (χ3v) is 7.35. The Labute approximate surface area is 327 Å². The van der Waals surface area contributed by atoms with Crippen LogP contribution in [-0.2, 0) is 4.74 Å². The van der Waals surface area contributed by atoms with Crippen LogP contribution < -0.4 is 9.47 Å². The summed E-state index contributed by atoms with van der Waals surface area (Å²) in [7, 11) is 0. The minimum absolute atomic E-state index is 0.146. The van der Waals surface area contributed by atoms with Crippen LogP contribution in [0.15, 0.2) is 135 Å². The first-order valence-corrected chi connectivity index (χ1v) is 19.4. The molecule has 1 aromatic heterocycles. The molecule has 1 atom stereocenters. The highest BCUT2D eigenvalue weighted by atomic mass is 16.5. The number of hydrogen-bond acceptors (Lipinski definition) is 6. The van der Waals surface area contributed by atoms with Crippen LogP contribution in [0.4, 0.5) is 5.69 Å². The topological polar surface area (TPSA) is 66.1 Å². The number of ether oxygens (including phenoxy) is 3. The molecular weight excluding hydrogens is 669 g/mol. The van der Waals surface area contributed by atoms with Crippen molar-refractivity contribution in [1.82, 2.24) is 4.98 Å². The molecule has 4 rings (SSSR count). The fourth-order valence-corrected chi connectivity index (χ4v) is 4.64. The van der Waals surface area contributed by atoms with Crippen LogP contribution in [0.3, 0.4) is 0 Å². The Morgan fingerprint density at radius 1 is 1.00 bits per heavy atom. The standard InChI is InChI=1S/C31H36N2O3.C12H16O.C3H8.C2H6/c1-7-9-14-31-33-28-19-27(32-6)29(20-30(28)36-31)34-21-23(5)15-17-25(11-8-2)35-26-13-10-12-24(16-18-26)22(3)4;1-4-5-11(3)13-12-8-6-10(2)7-9-12;1-3-2;1-2/h8-11,13-20,22H,6-7,12,21H2,1-5H3;4-9,11H,1-3H3;3H2,1-2H3;1-2H3/b11-8-,14-9+,23-15+,25-17+;5-4-;;. The molecule has 1 aliphatic carbocycles. The fourth-order valence-electron chi connectivity index (χ4n) is 4.64. The number of benzene rings is 2. The van der Waals surface area contributed by atoms with Crippen molar-refractivity contribution in [2.24, 2.45) is 10.9 Å². The van der Waals surface area contributed by atoms with Gasteiger partial charge in [-0.15, -0.1) is 0 Å². The van der Waals surface area contributed by atoms with Crippen LogP contribution in [0.2, 0.25) is 0 Å². The van der Waals surface area contributed by atoms with Gasteiger partial charge < -0.3 is 18.6 Å². The minimum atomic E-state index is 0.146. The summed E-state index contributed by atoms with van der Waals surface area (Å²) in [5, 5.41) is 0. The van der Waals surface area contributed by atoms with E-state index in [9.17, 15) is 0 Å². The molecule has 0 bridgehead atoms. The molecule has 1 heterocycles. The third-order valence-electron chi connectivity index (χ3n) is 7.35. The summed E-state index contributed by atoms with van der Waals surface area (Å²) in [6.07, 6.45) is 27.3. The highest BCUT2D eigenvalue weighted by Gasteiger charge is 2.11. The summed E-state index contributed by atoms with van der Waals surface area (Å²) in [6.45, 7) is 28.9. The van der Waals surface area contributed by atoms with Gasteiger partial charge in [0.2, 0.25) is 5.89 Å². The van der Waals surface area contributed by atoms with Crippen molar-refractivity contribution in [1.29, 1.82) is 0 Å².